The summed E-state index contributed by atoms with van der Waals surface area (Å²) in [6.07, 6.45) is 2.27. The molecule has 2 amide bonds. The van der Waals surface area contributed by atoms with Gasteiger partial charge in [0.15, 0.2) is 0 Å². The standard InChI is InChI=1S/C18H18FN3O2/c19-15-6-3-5-14(13-15)17(23)21-9-4-10-22(12-11-21)18(24)16-7-1-2-8-20-16/h1-3,5-8,13H,4,9-12H2. The first-order chi connectivity index (χ1) is 11.6. The van der Waals surface area contributed by atoms with Crippen LogP contribution in [0.1, 0.15) is 27.3 Å². The number of benzene rings is 1. The van der Waals surface area contributed by atoms with Gasteiger partial charge in [-0.05, 0) is 36.8 Å². The number of hydrogen-bond donors (Lipinski definition) is 0. The highest BCUT2D eigenvalue weighted by atomic mass is 19.1. The van der Waals surface area contributed by atoms with Gasteiger partial charge in [-0.2, -0.15) is 0 Å². The molecule has 0 spiro atoms. The second-order valence-electron chi connectivity index (χ2n) is 5.66. The molecule has 0 aliphatic carbocycles. The van der Waals surface area contributed by atoms with Crippen LogP contribution in [0.25, 0.3) is 0 Å². The lowest BCUT2D eigenvalue weighted by molar-refractivity contribution is 0.0715. The highest BCUT2D eigenvalue weighted by Gasteiger charge is 2.24. The number of amides is 2. The van der Waals surface area contributed by atoms with Gasteiger partial charge in [-0.1, -0.05) is 12.1 Å². The Balaban J connectivity index is 1.67. The van der Waals surface area contributed by atoms with Gasteiger partial charge >= 0.3 is 0 Å². The van der Waals surface area contributed by atoms with Crippen molar-refractivity contribution < 1.29 is 14.0 Å². The van der Waals surface area contributed by atoms with Crippen LogP contribution in [0, 0.1) is 5.82 Å². The third-order valence-corrected chi connectivity index (χ3v) is 4.03. The lowest BCUT2D eigenvalue weighted by Gasteiger charge is -2.22. The van der Waals surface area contributed by atoms with Gasteiger partial charge in [0.25, 0.3) is 11.8 Å². The van der Waals surface area contributed by atoms with Crippen molar-refractivity contribution in [3.05, 3.63) is 65.7 Å². The van der Waals surface area contributed by atoms with Gasteiger partial charge in [0.05, 0.1) is 0 Å². The van der Waals surface area contributed by atoms with Crippen molar-refractivity contribution >= 4 is 11.8 Å². The van der Waals surface area contributed by atoms with Gasteiger partial charge in [-0.3, -0.25) is 14.6 Å². The van der Waals surface area contributed by atoms with E-state index in [4.69, 9.17) is 0 Å². The first kappa shape index (κ1) is 16.1. The third kappa shape index (κ3) is 3.59. The van der Waals surface area contributed by atoms with Crippen molar-refractivity contribution in [2.45, 2.75) is 6.42 Å². The molecule has 0 bridgehead atoms. The molecule has 0 radical (unpaired) electrons. The number of rotatable bonds is 2. The molecule has 0 N–H and O–H groups in total. The van der Waals surface area contributed by atoms with Crippen molar-refractivity contribution in [1.29, 1.82) is 0 Å². The van der Waals surface area contributed by atoms with E-state index < -0.39 is 5.82 Å². The number of halogens is 1. The summed E-state index contributed by atoms with van der Waals surface area (Å²) in [4.78, 5) is 32.4. The van der Waals surface area contributed by atoms with Gasteiger partial charge in [0, 0.05) is 37.9 Å². The molecule has 1 aromatic carbocycles. The molecule has 0 unspecified atom stereocenters. The molecule has 0 atom stereocenters. The van der Waals surface area contributed by atoms with E-state index in [1.54, 1.807) is 40.3 Å². The first-order valence-corrected chi connectivity index (χ1v) is 7.90. The van der Waals surface area contributed by atoms with E-state index in [1.165, 1.54) is 18.2 Å². The molecule has 0 saturated carbocycles. The number of carbonyl (C=O) groups excluding carboxylic acids is 2. The molecule has 24 heavy (non-hydrogen) atoms. The van der Waals surface area contributed by atoms with Crippen LogP contribution in [0.5, 0.6) is 0 Å². The quantitative estimate of drug-likeness (QED) is 0.850. The number of aromatic nitrogens is 1. The van der Waals surface area contributed by atoms with Gasteiger partial charge in [-0.25, -0.2) is 4.39 Å². The third-order valence-electron chi connectivity index (χ3n) is 4.03. The van der Waals surface area contributed by atoms with Crippen molar-refractivity contribution in [2.75, 3.05) is 26.2 Å². The molecule has 1 aliphatic rings. The normalized spacial score (nSPS) is 15.0. The zero-order valence-electron chi connectivity index (χ0n) is 13.2. The summed E-state index contributed by atoms with van der Waals surface area (Å²) >= 11 is 0. The molecular weight excluding hydrogens is 309 g/mol. The molecule has 1 aromatic heterocycles. The van der Waals surface area contributed by atoms with E-state index in [2.05, 4.69) is 4.98 Å². The Kier molecular flexibility index (Phi) is 4.84. The van der Waals surface area contributed by atoms with Crippen LogP contribution in [0.4, 0.5) is 4.39 Å². The zero-order chi connectivity index (χ0) is 16.9. The predicted octanol–water partition coefficient (Wildman–Crippen LogP) is 2.21. The summed E-state index contributed by atoms with van der Waals surface area (Å²) in [5, 5.41) is 0. The smallest absolute Gasteiger partial charge is 0.272 e. The Morgan fingerprint density at radius 1 is 0.917 bits per heavy atom. The molecule has 1 fully saturated rings. The Labute approximate surface area is 139 Å². The first-order valence-electron chi connectivity index (χ1n) is 7.90. The predicted molar refractivity (Wildman–Crippen MR) is 87.1 cm³/mol. The molecule has 1 aliphatic heterocycles. The lowest BCUT2D eigenvalue weighted by Crippen LogP contribution is -2.37. The van der Waals surface area contributed by atoms with Crippen LogP contribution in [0.2, 0.25) is 0 Å². The molecular formula is C18H18FN3O2. The van der Waals surface area contributed by atoms with Gasteiger partial charge in [0.1, 0.15) is 11.5 Å². The molecule has 124 valence electrons. The van der Waals surface area contributed by atoms with Crippen LogP contribution in [0.3, 0.4) is 0 Å². The second-order valence-corrected chi connectivity index (χ2v) is 5.66. The highest BCUT2D eigenvalue weighted by molar-refractivity contribution is 5.94. The summed E-state index contributed by atoms with van der Waals surface area (Å²) in [6, 6.07) is 10.9. The highest BCUT2D eigenvalue weighted by Crippen LogP contribution is 2.12. The minimum Gasteiger partial charge on any atom is -0.337 e. The van der Waals surface area contributed by atoms with Crippen LogP contribution >= 0.6 is 0 Å². The van der Waals surface area contributed by atoms with Crippen LogP contribution in [-0.2, 0) is 0 Å². The molecule has 5 nitrogen and oxygen atoms in total. The monoisotopic (exact) mass is 327 g/mol. The van der Waals surface area contributed by atoms with Gasteiger partial charge in [0.2, 0.25) is 0 Å². The van der Waals surface area contributed by atoms with E-state index in [-0.39, 0.29) is 11.8 Å². The lowest BCUT2D eigenvalue weighted by atomic mass is 10.2. The molecule has 6 heteroatoms. The number of nitrogens with zero attached hydrogens (tertiary/aromatic N) is 3. The topological polar surface area (TPSA) is 53.5 Å². The number of pyridine rings is 1. The Morgan fingerprint density at radius 3 is 2.33 bits per heavy atom. The van der Waals surface area contributed by atoms with E-state index in [9.17, 15) is 14.0 Å². The fraction of sp³-hybridized carbons (Fsp3) is 0.278. The average Bonchev–Trinajstić information content (AvgIpc) is 2.87. The fourth-order valence-corrected chi connectivity index (χ4v) is 2.78. The molecule has 2 heterocycles. The Bertz CT molecular complexity index is 736. The summed E-state index contributed by atoms with van der Waals surface area (Å²) in [6.45, 7) is 1.98. The summed E-state index contributed by atoms with van der Waals surface area (Å²) < 4.78 is 13.3. The maximum Gasteiger partial charge on any atom is 0.272 e. The fourth-order valence-electron chi connectivity index (χ4n) is 2.78. The summed E-state index contributed by atoms with van der Waals surface area (Å²) in [7, 11) is 0. The molecule has 2 aromatic rings. The van der Waals surface area contributed by atoms with Crippen molar-refractivity contribution in [3.63, 3.8) is 0 Å². The van der Waals surface area contributed by atoms with E-state index in [1.807, 2.05) is 0 Å². The van der Waals surface area contributed by atoms with Crippen LogP contribution in [-0.4, -0.2) is 52.8 Å². The van der Waals surface area contributed by atoms with E-state index in [0.717, 1.165) is 0 Å². The SMILES string of the molecule is O=C(c1cccc(F)c1)N1CCCN(C(=O)c2ccccn2)CC1. The van der Waals surface area contributed by atoms with Crippen molar-refractivity contribution in [3.8, 4) is 0 Å². The van der Waals surface area contributed by atoms with E-state index in [0.29, 0.717) is 43.9 Å². The summed E-state index contributed by atoms with van der Waals surface area (Å²) in [5.74, 6) is -0.764. The number of hydrogen-bond acceptors (Lipinski definition) is 3. The Morgan fingerprint density at radius 2 is 1.67 bits per heavy atom. The molecule has 1 saturated heterocycles. The van der Waals surface area contributed by atoms with Crippen LogP contribution < -0.4 is 0 Å². The Hall–Kier alpha value is -2.76. The minimum absolute atomic E-state index is 0.129. The van der Waals surface area contributed by atoms with Crippen LogP contribution in [0.15, 0.2) is 48.7 Å². The largest absolute Gasteiger partial charge is 0.337 e. The van der Waals surface area contributed by atoms with E-state index >= 15 is 0 Å². The zero-order valence-corrected chi connectivity index (χ0v) is 13.2. The van der Waals surface area contributed by atoms with Gasteiger partial charge in [-0.15, -0.1) is 0 Å². The van der Waals surface area contributed by atoms with Crippen molar-refractivity contribution in [1.82, 2.24) is 14.8 Å². The maximum atomic E-state index is 13.3. The summed E-state index contributed by atoms with van der Waals surface area (Å²) in [5.41, 5.74) is 0.738. The molecule has 3 rings (SSSR count). The average molecular weight is 327 g/mol. The minimum atomic E-state index is -0.428. The second kappa shape index (κ2) is 7.21. The maximum absolute atomic E-state index is 13.3. The van der Waals surface area contributed by atoms with Crippen molar-refractivity contribution in [2.24, 2.45) is 0 Å². The number of carbonyl (C=O) groups is 2. The van der Waals surface area contributed by atoms with Gasteiger partial charge < -0.3 is 9.80 Å².